The first kappa shape index (κ1) is 20.9. The van der Waals surface area contributed by atoms with E-state index in [1.54, 1.807) is 6.07 Å². The molecule has 0 bridgehead atoms. The van der Waals surface area contributed by atoms with Crippen LogP contribution in [0, 0.1) is 23.6 Å². The van der Waals surface area contributed by atoms with Gasteiger partial charge in [0.25, 0.3) is 0 Å². The molecule has 0 amide bonds. The molecule has 29 heavy (non-hydrogen) atoms. The van der Waals surface area contributed by atoms with Crippen molar-refractivity contribution in [3.05, 3.63) is 58.9 Å². The van der Waals surface area contributed by atoms with Gasteiger partial charge in [0.15, 0.2) is 0 Å². The zero-order valence-electron chi connectivity index (χ0n) is 17.7. The van der Waals surface area contributed by atoms with E-state index in [-0.39, 0.29) is 5.82 Å². The first-order chi connectivity index (χ1) is 14.1. The maximum atomic E-state index is 14.8. The van der Waals surface area contributed by atoms with Crippen LogP contribution in [0.25, 0.3) is 11.1 Å². The van der Waals surface area contributed by atoms with Gasteiger partial charge in [-0.3, -0.25) is 0 Å². The summed E-state index contributed by atoms with van der Waals surface area (Å²) in [7, 11) is 0. The van der Waals surface area contributed by atoms with Gasteiger partial charge in [-0.2, -0.15) is 0 Å². The first-order valence-corrected chi connectivity index (χ1v) is 12.0. The minimum absolute atomic E-state index is 0.113. The summed E-state index contributed by atoms with van der Waals surface area (Å²) in [5.74, 6) is 3.24. The normalized spacial score (nSPS) is 27.7. The topological polar surface area (TPSA) is 0 Å². The lowest BCUT2D eigenvalue weighted by Gasteiger charge is -2.31. The van der Waals surface area contributed by atoms with E-state index < -0.39 is 0 Å². The van der Waals surface area contributed by atoms with Gasteiger partial charge in [-0.15, -0.1) is 0 Å². The second-order valence-electron chi connectivity index (χ2n) is 9.67. The van der Waals surface area contributed by atoms with Gasteiger partial charge in [-0.05, 0) is 78.7 Å². The van der Waals surface area contributed by atoms with Crippen molar-refractivity contribution in [3.63, 3.8) is 0 Å². The van der Waals surface area contributed by atoms with Gasteiger partial charge >= 0.3 is 0 Å². The highest BCUT2D eigenvalue weighted by molar-refractivity contribution is 6.30. The average molecular weight is 413 g/mol. The maximum Gasteiger partial charge on any atom is 0.131 e. The number of hydrogen-bond donors (Lipinski definition) is 0. The van der Waals surface area contributed by atoms with Crippen LogP contribution in [0.2, 0.25) is 5.02 Å². The Kier molecular flexibility index (Phi) is 6.96. The molecule has 2 aliphatic rings. The number of halogens is 2. The van der Waals surface area contributed by atoms with Gasteiger partial charge in [0.1, 0.15) is 5.82 Å². The molecule has 0 N–H and O–H groups in total. The summed E-state index contributed by atoms with van der Waals surface area (Å²) in [6.07, 6.45) is 13.7. The van der Waals surface area contributed by atoms with Gasteiger partial charge in [0.05, 0.1) is 0 Å². The largest absolute Gasteiger partial charge is 0.206 e. The molecule has 2 fully saturated rings. The lowest BCUT2D eigenvalue weighted by Crippen LogP contribution is -2.17. The first-order valence-electron chi connectivity index (χ1n) is 11.6. The van der Waals surface area contributed by atoms with E-state index >= 15 is 0 Å². The standard InChI is InChI=1S/C27H34ClF/c1-19-2-4-20(5-3-19)6-7-21-8-10-22(11-9-21)24-14-17-26(27(29)18-24)23-12-15-25(28)16-13-23/h12-22H,2-11H2,1H3/t19-,20-,21?,22?. The zero-order valence-corrected chi connectivity index (χ0v) is 18.4. The molecule has 2 saturated carbocycles. The predicted molar refractivity (Wildman–Crippen MR) is 122 cm³/mol. The van der Waals surface area contributed by atoms with E-state index in [1.807, 2.05) is 30.3 Å². The Morgan fingerprint density at radius 2 is 1.38 bits per heavy atom. The van der Waals surface area contributed by atoms with Crippen molar-refractivity contribution >= 4 is 11.6 Å². The second kappa shape index (κ2) is 9.65. The quantitative estimate of drug-likeness (QED) is 0.459. The Morgan fingerprint density at radius 1 is 0.793 bits per heavy atom. The van der Waals surface area contributed by atoms with E-state index in [0.717, 1.165) is 23.3 Å². The van der Waals surface area contributed by atoms with Gasteiger partial charge in [-0.25, -0.2) is 4.39 Å². The highest BCUT2D eigenvalue weighted by atomic mass is 35.5. The highest BCUT2D eigenvalue weighted by Gasteiger charge is 2.25. The molecule has 2 aromatic rings. The molecular weight excluding hydrogens is 379 g/mol. The van der Waals surface area contributed by atoms with Gasteiger partial charge in [-0.1, -0.05) is 81.3 Å². The zero-order chi connectivity index (χ0) is 20.2. The molecule has 2 heteroatoms. The minimum Gasteiger partial charge on any atom is -0.206 e. The fourth-order valence-corrected chi connectivity index (χ4v) is 5.65. The lowest BCUT2D eigenvalue weighted by atomic mass is 9.74. The van der Waals surface area contributed by atoms with E-state index in [4.69, 9.17) is 11.6 Å². The van der Waals surface area contributed by atoms with Crippen LogP contribution in [0.4, 0.5) is 4.39 Å². The summed E-state index contributed by atoms with van der Waals surface area (Å²) in [5.41, 5.74) is 2.74. The predicted octanol–water partition coefficient (Wildman–Crippen LogP) is 9.03. The lowest BCUT2D eigenvalue weighted by molar-refractivity contribution is 0.237. The maximum absolute atomic E-state index is 14.8. The number of benzene rings is 2. The summed E-state index contributed by atoms with van der Waals surface area (Å²) >= 11 is 5.96. The third kappa shape index (κ3) is 5.43. The fourth-order valence-electron chi connectivity index (χ4n) is 5.52. The fraction of sp³-hybridized carbons (Fsp3) is 0.556. The molecule has 0 spiro atoms. The Morgan fingerprint density at radius 3 is 1.97 bits per heavy atom. The van der Waals surface area contributed by atoms with Gasteiger partial charge in [0, 0.05) is 10.6 Å². The van der Waals surface area contributed by atoms with Crippen LogP contribution in [0.15, 0.2) is 42.5 Å². The second-order valence-corrected chi connectivity index (χ2v) is 10.1. The van der Waals surface area contributed by atoms with E-state index in [2.05, 4.69) is 13.0 Å². The van der Waals surface area contributed by atoms with Crippen molar-refractivity contribution in [2.24, 2.45) is 17.8 Å². The minimum atomic E-state index is -0.113. The van der Waals surface area contributed by atoms with Crippen molar-refractivity contribution in [2.75, 3.05) is 0 Å². The molecule has 2 aromatic carbocycles. The molecule has 0 atom stereocenters. The van der Waals surface area contributed by atoms with E-state index in [0.29, 0.717) is 16.5 Å². The van der Waals surface area contributed by atoms with Crippen LogP contribution >= 0.6 is 11.6 Å². The number of rotatable bonds is 5. The average Bonchev–Trinajstić information content (AvgIpc) is 2.74. The number of hydrogen-bond acceptors (Lipinski definition) is 0. The van der Waals surface area contributed by atoms with Crippen LogP contribution in [-0.2, 0) is 0 Å². The van der Waals surface area contributed by atoms with Crippen molar-refractivity contribution in [2.45, 2.75) is 77.0 Å². The molecule has 0 unspecified atom stereocenters. The molecule has 0 saturated heterocycles. The van der Waals surface area contributed by atoms with Crippen LogP contribution in [-0.4, -0.2) is 0 Å². The third-order valence-corrected chi connectivity index (χ3v) is 7.84. The smallest absolute Gasteiger partial charge is 0.131 e. The van der Waals surface area contributed by atoms with Gasteiger partial charge in [0.2, 0.25) is 0 Å². The van der Waals surface area contributed by atoms with Crippen molar-refractivity contribution < 1.29 is 4.39 Å². The summed E-state index contributed by atoms with van der Waals surface area (Å²) in [6, 6.07) is 13.3. The Hall–Kier alpha value is -1.34. The van der Waals surface area contributed by atoms with Gasteiger partial charge < -0.3 is 0 Å². The SMILES string of the molecule is C[C@H]1CC[C@H](CCC2CCC(c3ccc(-c4ccc(Cl)cc4)c(F)c3)CC2)CC1. The molecule has 0 aromatic heterocycles. The van der Waals surface area contributed by atoms with Crippen LogP contribution in [0.1, 0.15) is 82.6 Å². The molecule has 0 heterocycles. The molecule has 2 aliphatic carbocycles. The summed E-state index contributed by atoms with van der Waals surface area (Å²) in [5, 5.41) is 0.681. The van der Waals surface area contributed by atoms with Crippen LogP contribution in [0.5, 0.6) is 0 Å². The monoisotopic (exact) mass is 412 g/mol. The molecule has 0 aliphatic heterocycles. The van der Waals surface area contributed by atoms with Crippen molar-refractivity contribution in [1.29, 1.82) is 0 Å². The van der Waals surface area contributed by atoms with E-state index in [1.165, 1.54) is 69.8 Å². The molecule has 0 nitrogen and oxygen atoms in total. The van der Waals surface area contributed by atoms with E-state index in [9.17, 15) is 4.39 Å². The molecular formula is C27H34ClF. The summed E-state index contributed by atoms with van der Waals surface area (Å²) < 4.78 is 14.8. The Bertz CT molecular complexity index is 781. The summed E-state index contributed by atoms with van der Waals surface area (Å²) in [4.78, 5) is 0. The third-order valence-electron chi connectivity index (χ3n) is 7.59. The Labute approximate surface area is 180 Å². The molecule has 156 valence electrons. The highest BCUT2D eigenvalue weighted by Crippen LogP contribution is 2.40. The van der Waals surface area contributed by atoms with Crippen molar-refractivity contribution in [3.8, 4) is 11.1 Å². The van der Waals surface area contributed by atoms with Crippen molar-refractivity contribution in [1.82, 2.24) is 0 Å². The molecule has 0 radical (unpaired) electrons. The molecule has 4 rings (SSSR count). The Balaban J connectivity index is 1.29. The van der Waals surface area contributed by atoms with Crippen LogP contribution in [0.3, 0.4) is 0 Å². The van der Waals surface area contributed by atoms with Crippen LogP contribution < -0.4 is 0 Å². The summed E-state index contributed by atoms with van der Waals surface area (Å²) in [6.45, 7) is 2.41.